The SMILES string of the molecule is C=C(/C=c1/c(-c2cc3c(-c4ccccc4F)cncc3[nH]2)n[nH]/c1=C/C)c1cncc(N2CC(N)C2)n1. The van der Waals surface area contributed by atoms with Gasteiger partial charge in [-0.15, -0.1) is 0 Å². The van der Waals surface area contributed by atoms with E-state index >= 15 is 0 Å². The quantitative estimate of drug-likeness (QED) is 0.348. The number of anilines is 1. The summed E-state index contributed by atoms with van der Waals surface area (Å²) in [7, 11) is 0. The first-order valence-corrected chi connectivity index (χ1v) is 12.0. The van der Waals surface area contributed by atoms with Crippen molar-refractivity contribution in [2.75, 3.05) is 18.0 Å². The van der Waals surface area contributed by atoms with E-state index in [1.807, 2.05) is 31.2 Å². The highest BCUT2D eigenvalue weighted by Gasteiger charge is 2.24. The minimum Gasteiger partial charge on any atom is -0.352 e. The fourth-order valence-electron chi connectivity index (χ4n) is 4.62. The maximum Gasteiger partial charge on any atom is 0.147 e. The molecule has 1 fully saturated rings. The van der Waals surface area contributed by atoms with Gasteiger partial charge in [0.1, 0.15) is 17.3 Å². The highest BCUT2D eigenvalue weighted by atomic mass is 19.1. The average molecular weight is 493 g/mol. The number of hydrogen-bond acceptors (Lipinski definition) is 6. The average Bonchev–Trinajstić information content (AvgIpc) is 3.51. The number of hydrogen-bond donors (Lipinski definition) is 3. The Morgan fingerprint density at radius 3 is 2.73 bits per heavy atom. The predicted molar refractivity (Wildman–Crippen MR) is 144 cm³/mol. The van der Waals surface area contributed by atoms with Crippen molar-refractivity contribution in [2.24, 2.45) is 5.73 Å². The van der Waals surface area contributed by atoms with Gasteiger partial charge >= 0.3 is 0 Å². The lowest BCUT2D eigenvalue weighted by Gasteiger charge is -2.37. The number of benzene rings is 1. The molecule has 6 rings (SSSR count). The van der Waals surface area contributed by atoms with Crippen LogP contribution in [0.3, 0.4) is 0 Å². The first kappa shape index (κ1) is 22.8. The van der Waals surface area contributed by atoms with E-state index < -0.39 is 0 Å². The van der Waals surface area contributed by atoms with Crippen molar-refractivity contribution in [1.29, 1.82) is 0 Å². The van der Waals surface area contributed by atoms with Crippen molar-refractivity contribution in [2.45, 2.75) is 13.0 Å². The molecular weight excluding hydrogens is 467 g/mol. The highest BCUT2D eigenvalue weighted by molar-refractivity contribution is 5.97. The molecule has 1 aliphatic rings. The molecule has 0 atom stereocenters. The Kier molecular flexibility index (Phi) is 5.61. The molecule has 0 amide bonds. The fraction of sp³-hybridized carbons (Fsp3) is 0.143. The summed E-state index contributed by atoms with van der Waals surface area (Å²) in [6, 6.07) is 8.84. The van der Waals surface area contributed by atoms with Crippen LogP contribution in [0.5, 0.6) is 0 Å². The largest absolute Gasteiger partial charge is 0.352 e. The van der Waals surface area contributed by atoms with Crippen LogP contribution in [0, 0.1) is 5.82 Å². The fourth-order valence-corrected chi connectivity index (χ4v) is 4.62. The number of H-pyrrole nitrogens is 2. The lowest BCUT2D eigenvalue weighted by atomic mass is 10.0. The third kappa shape index (κ3) is 4.09. The molecule has 0 spiro atoms. The third-order valence-corrected chi connectivity index (χ3v) is 6.59. The maximum atomic E-state index is 14.6. The molecule has 9 heteroatoms. The zero-order valence-corrected chi connectivity index (χ0v) is 20.2. The lowest BCUT2D eigenvalue weighted by Crippen LogP contribution is -2.56. The zero-order valence-electron chi connectivity index (χ0n) is 20.2. The predicted octanol–water partition coefficient (Wildman–Crippen LogP) is 2.99. The summed E-state index contributed by atoms with van der Waals surface area (Å²) in [6.07, 6.45) is 10.8. The first-order chi connectivity index (χ1) is 18.0. The molecule has 0 bridgehead atoms. The van der Waals surface area contributed by atoms with Crippen molar-refractivity contribution < 1.29 is 4.39 Å². The second-order valence-corrected chi connectivity index (χ2v) is 9.10. The summed E-state index contributed by atoms with van der Waals surface area (Å²) in [6.45, 7) is 7.72. The van der Waals surface area contributed by atoms with Crippen molar-refractivity contribution in [1.82, 2.24) is 30.1 Å². The Bertz CT molecular complexity index is 1760. The smallest absolute Gasteiger partial charge is 0.147 e. The number of nitrogens with zero attached hydrogens (tertiary/aromatic N) is 5. The van der Waals surface area contributed by atoms with Crippen LogP contribution in [0.4, 0.5) is 10.2 Å². The summed E-state index contributed by atoms with van der Waals surface area (Å²) in [5.41, 5.74) is 10.8. The molecule has 4 aromatic heterocycles. The van der Waals surface area contributed by atoms with Crippen LogP contribution >= 0.6 is 0 Å². The third-order valence-electron chi connectivity index (χ3n) is 6.59. The van der Waals surface area contributed by atoms with Gasteiger partial charge in [0.15, 0.2) is 0 Å². The monoisotopic (exact) mass is 492 g/mol. The molecule has 0 saturated carbocycles. The van der Waals surface area contributed by atoms with Crippen LogP contribution in [-0.4, -0.2) is 49.3 Å². The molecule has 0 radical (unpaired) electrons. The van der Waals surface area contributed by atoms with Gasteiger partial charge in [-0.2, -0.15) is 5.10 Å². The number of nitrogens with one attached hydrogen (secondary N) is 2. The first-order valence-electron chi connectivity index (χ1n) is 12.0. The maximum absolute atomic E-state index is 14.6. The van der Waals surface area contributed by atoms with Crippen LogP contribution in [0.2, 0.25) is 0 Å². The van der Waals surface area contributed by atoms with Crippen LogP contribution < -0.4 is 21.2 Å². The van der Waals surface area contributed by atoms with E-state index in [1.165, 1.54) is 6.07 Å². The zero-order chi connectivity index (χ0) is 25.5. The van der Waals surface area contributed by atoms with Gasteiger partial charge in [0, 0.05) is 47.1 Å². The molecule has 1 aliphatic heterocycles. The molecule has 1 saturated heterocycles. The number of halogens is 1. The van der Waals surface area contributed by atoms with Gasteiger partial charge in [0.05, 0.1) is 40.8 Å². The molecule has 5 heterocycles. The number of aromatic amines is 2. The van der Waals surface area contributed by atoms with E-state index in [2.05, 4.69) is 36.6 Å². The molecule has 4 N–H and O–H groups in total. The Labute approximate surface area is 212 Å². The molecule has 1 aromatic carbocycles. The summed E-state index contributed by atoms with van der Waals surface area (Å²) < 4.78 is 14.6. The summed E-state index contributed by atoms with van der Waals surface area (Å²) in [5.74, 6) is 0.489. The van der Waals surface area contributed by atoms with Crippen molar-refractivity contribution in [3.8, 4) is 22.5 Å². The van der Waals surface area contributed by atoms with Crippen LogP contribution in [0.15, 0.2) is 61.7 Å². The Hall–Kier alpha value is -4.63. The van der Waals surface area contributed by atoms with E-state index in [1.54, 1.807) is 36.9 Å². The van der Waals surface area contributed by atoms with Crippen LogP contribution in [-0.2, 0) is 0 Å². The van der Waals surface area contributed by atoms with E-state index in [-0.39, 0.29) is 11.9 Å². The molecule has 8 nitrogen and oxygen atoms in total. The second-order valence-electron chi connectivity index (χ2n) is 9.10. The van der Waals surface area contributed by atoms with E-state index in [4.69, 9.17) is 10.7 Å². The van der Waals surface area contributed by atoms with E-state index in [0.717, 1.165) is 46.1 Å². The second kappa shape index (κ2) is 9.11. The van der Waals surface area contributed by atoms with Gasteiger partial charge in [-0.1, -0.05) is 30.9 Å². The highest BCUT2D eigenvalue weighted by Crippen LogP contribution is 2.31. The van der Waals surface area contributed by atoms with Gasteiger partial charge < -0.3 is 15.6 Å². The Balaban J connectivity index is 1.43. The number of pyridine rings is 1. The van der Waals surface area contributed by atoms with E-state index in [0.29, 0.717) is 28.1 Å². The number of allylic oxidation sites excluding steroid dienone is 1. The van der Waals surface area contributed by atoms with Crippen molar-refractivity contribution in [3.05, 3.63) is 83.8 Å². The topological polar surface area (TPSA) is 112 Å². The standard InChI is InChI=1S/C28H25FN8/c1-3-23-20(8-16(2)25-11-32-13-27(34-25)37-14-17(30)15-37)28(36-35-23)24-9-19-21(10-31-12-26(19)33-24)18-6-4-5-7-22(18)29/h3-13,17,33,35H,2,14-15,30H2,1H3/b20-8+,23-3+. The lowest BCUT2D eigenvalue weighted by molar-refractivity contribution is 0.513. The molecule has 184 valence electrons. The molecule has 5 aromatic rings. The van der Waals surface area contributed by atoms with Gasteiger partial charge in [-0.05, 0) is 30.7 Å². The normalized spacial score (nSPS) is 14.9. The van der Waals surface area contributed by atoms with E-state index in [9.17, 15) is 4.39 Å². The van der Waals surface area contributed by atoms with Crippen molar-refractivity contribution >= 4 is 34.4 Å². The summed E-state index contributed by atoms with van der Waals surface area (Å²) >= 11 is 0. The van der Waals surface area contributed by atoms with Crippen LogP contribution in [0.1, 0.15) is 12.6 Å². The minimum absolute atomic E-state index is 0.168. The molecule has 37 heavy (non-hydrogen) atoms. The molecular formula is C28H25FN8. The van der Waals surface area contributed by atoms with Gasteiger partial charge in [0.25, 0.3) is 0 Å². The van der Waals surface area contributed by atoms with Crippen LogP contribution in [0.25, 0.3) is 51.1 Å². The van der Waals surface area contributed by atoms with Crippen molar-refractivity contribution in [3.63, 3.8) is 0 Å². The van der Waals surface area contributed by atoms with Gasteiger partial charge in [-0.25, -0.2) is 9.37 Å². The summed E-state index contributed by atoms with van der Waals surface area (Å²) in [5, 5.41) is 10.2. The number of aromatic nitrogens is 6. The number of rotatable bonds is 5. The molecule has 0 unspecified atom stereocenters. The minimum atomic E-state index is -0.295. The Morgan fingerprint density at radius 2 is 1.95 bits per heavy atom. The van der Waals surface area contributed by atoms with Gasteiger partial charge in [-0.3, -0.25) is 15.1 Å². The number of nitrogens with two attached hydrogens (primary N) is 1. The Morgan fingerprint density at radius 1 is 1.14 bits per heavy atom. The summed E-state index contributed by atoms with van der Waals surface area (Å²) in [4.78, 5) is 18.9. The number of fused-ring (bicyclic) bond motifs is 1. The van der Waals surface area contributed by atoms with Gasteiger partial charge in [0.2, 0.25) is 0 Å². The molecule has 0 aliphatic carbocycles.